The molecule has 6 heteroatoms. The Kier molecular flexibility index (Phi) is 3.70. The monoisotopic (exact) mass is 286 g/mol. The molecule has 21 heavy (non-hydrogen) atoms. The first-order chi connectivity index (χ1) is 10.1. The van der Waals surface area contributed by atoms with Crippen LogP contribution in [-0.4, -0.2) is 33.4 Å². The quantitative estimate of drug-likeness (QED) is 0.936. The van der Waals surface area contributed by atoms with Crippen LogP contribution in [0.3, 0.4) is 0 Å². The summed E-state index contributed by atoms with van der Waals surface area (Å²) in [7, 11) is 0. The predicted molar refractivity (Wildman–Crippen MR) is 78.2 cm³/mol. The molecule has 1 saturated heterocycles. The van der Waals surface area contributed by atoms with Gasteiger partial charge in [0.2, 0.25) is 0 Å². The largest absolute Gasteiger partial charge is 0.368 e. The third-order valence-electron chi connectivity index (χ3n) is 3.76. The highest BCUT2D eigenvalue weighted by Gasteiger charge is 2.30. The van der Waals surface area contributed by atoms with Gasteiger partial charge in [-0.15, -0.1) is 10.2 Å². The van der Waals surface area contributed by atoms with Crippen molar-refractivity contribution in [2.24, 2.45) is 5.92 Å². The lowest BCUT2D eigenvalue weighted by atomic mass is 10.0. The third kappa shape index (κ3) is 2.80. The zero-order valence-electron chi connectivity index (χ0n) is 12.1. The molecule has 0 radical (unpaired) electrons. The van der Waals surface area contributed by atoms with E-state index in [1.54, 1.807) is 6.33 Å². The Hall–Kier alpha value is -2.21. The highest BCUT2D eigenvalue weighted by atomic mass is 16.5. The average molecular weight is 286 g/mol. The predicted octanol–water partition coefficient (Wildman–Crippen LogP) is 1.94. The molecule has 0 bridgehead atoms. The zero-order chi connectivity index (χ0) is 14.8. The van der Waals surface area contributed by atoms with E-state index in [1.807, 2.05) is 42.7 Å². The van der Waals surface area contributed by atoms with Gasteiger partial charge in [-0.1, -0.05) is 13.0 Å². The highest BCUT2D eigenvalue weighted by molar-refractivity contribution is 5.94. The number of hydrogen-bond acceptors (Lipinski definition) is 4. The second-order valence-corrected chi connectivity index (χ2v) is 5.35. The van der Waals surface area contributed by atoms with E-state index >= 15 is 0 Å². The SMILES string of the molecule is Cc1nncn1-c1cccc(NC(=O)[C@H]2OCC[C@@H]2C)c1. The number of carbonyl (C=O) groups excluding carboxylic acids is 1. The lowest BCUT2D eigenvalue weighted by molar-refractivity contribution is -0.126. The number of amides is 1. The Labute approximate surface area is 123 Å². The smallest absolute Gasteiger partial charge is 0.253 e. The first-order valence-electron chi connectivity index (χ1n) is 7.04. The Morgan fingerprint density at radius 3 is 3.00 bits per heavy atom. The van der Waals surface area contributed by atoms with Gasteiger partial charge < -0.3 is 10.1 Å². The van der Waals surface area contributed by atoms with E-state index in [9.17, 15) is 4.79 Å². The maximum Gasteiger partial charge on any atom is 0.253 e. The summed E-state index contributed by atoms with van der Waals surface area (Å²) >= 11 is 0. The number of ether oxygens (including phenoxy) is 1. The van der Waals surface area contributed by atoms with Crippen LogP contribution < -0.4 is 5.32 Å². The van der Waals surface area contributed by atoms with E-state index in [0.29, 0.717) is 6.61 Å². The van der Waals surface area contributed by atoms with Crippen molar-refractivity contribution in [3.63, 3.8) is 0 Å². The summed E-state index contributed by atoms with van der Waals surface area (Å²) in [6.07, 6.45) is 2.22. The number of carbonyl (C=O) groups is 1. The van der Waals surface area contributed by atoms with Crippen molar-refractivity contribution < 1.29 is 9.53 Å². The van der Waals surface area contributed by atoms with Gasteiger partial charge >= 0.3 is 0 Å². The van der Waals surface area contributed by atoms with E-state index in [2.05, 4.69) is 15.5 Å². The molecule has 2 atom stereocenters. The maximum atomic E-state index is 12.2. The minimum atomic E-state index is -0.356. The van der Waals surface area contributed by atoms with Crippen molar-refractivity contribution in [1.29, 1.82) is 0 Å². The van der Waals surface area contributed by atoms with Crippen LogP contribution in [0.25, 0.3) is 5.69 Å². The van der Waals surface area contributed by atoms with Gasteiger partial charge in [-0.25, -0.2) is 0 Å². The standard InChI is InChI=1S/C15H18N4O2/c1-10-6-7-21-14(10)15(20)17-12-4-3-5-13(8-12)19-9-16-18-11(19)2/h3-5,8-10,14H,6-7H2,1-2H3,(H,17,20)/t10-,14-/m0/s1. The normalized spacial score (nSPS) is 21.4. The van der Waals surface area contributed by atoms with Crippen molar-refractivity contribution in [2.75, 3.05) is 11.9 Å². The molecule has 2 aromatic rings. The molecule has 0 aliphatic carbocycles. The molecule has 110 valence electrons. The molecule has 1 aliphatic rings. The number of aryl methyl sites for hydroxylation is 1. The van der Waals surface area contributed by atoms with Gasteiger partial charge in [0, 0.05) is 12.3 Å². The molecular formula is C15H18N4O2. The van der Waals surface area contributed by atoms with E-state index in [-0.39, 0.29) is 17.9 Å². The highest BCUT2D eigenvalue weighted by Crippen LogP contribution is 2.22. The Balaban J connectivity index is 1.77. The Morgan fingerprint density at radius 1 is 1.48 bits per heavy atom. The first-order valence-corrected chi connectivity index (χ1v) is 7.04. The molecule has 1 aromatic carbocycles. The Morgan fingerprint density at radius 2 is 2.33 bits per heavy atom. The fourth-order valence-electron chi connectivity index (χ4n) is 2.52. The van der Waals surface area contributed by atoms with Crippen LogP contribution in [0.1, 0.15) is 19.2 Å². The molecule has 1 fully saturated rings. The van der Waals surface area contributed by atoms with Crippen molar-refractivity contribution >= 4 is 11.6 Å². The molecule has 1 N–H and O–H groups in total. The molecule has 6 nitrogen and oxygen atoms in total. The number of nitrogens with one attached hydrogen (secondary N) is 1. The topological polar surface area (TPSA) is 69.0 Å². The summed E-state index contributed by atoms with van der Waals surface area (Å²) in [5.41, 5.74) is 1.66. The molecule has 0 spiro atoms. The van der Waals surface area contributed by atoms with Gasteiger partial charge in [0.1, 0.15) is 18.3 Å². The summed E-state index contributed by atoms with van der Waals surface area (Å²) in [5.74, 6) is 0.970. The van der Waals surface area contributed by atoms with Crippen LogP contribution in [0, 0.1) is 12.8 Å². The molecule has 0 unspecified atom stereocenters. The molecule has 1 amide bonds. The average Bonchev–Trinajstić information content (AvgIpc) is 3.07. The molecule has 0 saturated carbocycles. The number of hydrogen-bond donors (Lipinski definition) is 1. The summed E-state index contributed by atoms with van der Waals surface area (Å²) in [5, 5.41) is 10.7. The van der Waals surface area contributed by atoms with Crippen LogP contribution in [-0.2, 0) is 9.53 Å². The van der Waals surface area contributed by atoms with Crippen LogP contribution in [0.4, 0.5) is 5.69 Å². The van der Waals surface area contributed by atoms with Crippen LogP contribution >= 0.6 is 0 Å². The van der Waals surface area contributed by atoms with Gasteiger partial charge in [-0.3, -0.25) is 9.36 Å². The number of benzene rings is 1. The maximum absolute atomic E-state index is 12.2. The number of anilines is 1. The van der Waals surface area contributed by atoms with E-state index < -0.39 is 0 Å². The van der Waals surface area contributed by atoms with Crippen LogP contribution in [0.5, 0.6) is 0 Å². The van der Waals surface area contributed by atoms with Gasteiger partial charge in [0.25, 0.3) is 5.91 Å². The fourth-order valence-corrected chi connectivity index (χ4v) is 2.52. The van der Waals surface area contributed by atoms with Gasteiger partial charge in [-0.2, -0.15) is 0 Å². The van der Waals surface area contributed by atoms with Crippen LogP contribution in [0.15, 0.2) is 30.6 Å². The summed E-state index contributed by atoms with van der Waals surface area (Å²) in [6, 6.07) is 7.60. The minimum Gasteiger partial charge on any atom is -0.368 e. The van der Waals surface area contributed by atoms with Gasteiger partial charge in [0.15, 0.2) is 0 Å². The number of rotatable bonds is 3. The summed E-state index contributed by atoms with van der Waals surface area (Å²) in [4.78, 5) is 12.2. The number of nitrogens with zero attached hydrogens (tertiary/aromatic N) is 3. The molecule has 1 aliphatic heterocycles. The van der Waals surface area contributed by atoms with Crippen molar-refractivity contribution in [3.05, 3.63) is 36.4 Å². The molecule has 3 rings (SSSR count). The van der Waals surface area contributed by atoms with E-state index in [0.717, 1.165) is 23.6 Å². The van der Waals surface area contributed by atoms with Crippen molar-refractivity contribution in [1.82, 2.24) is 14.8 Å². The van der Waals surface area contributed by atoms with Crippen molar-refractivity contribution in [2.45, 2.75) is 26.4 Å². The summed E-state index contributed by atoms with van der Waals surface area (Å²) in [6.45, 7) is 4.57. The van der Waals surface area contributed by atoms with Crippen molar-refractivity contribution in [3.8, 4) is 5.69 Å². The Bertz CT molecular complexity index is 653. The third-order valence-corrected chi connectivity index (χ3v) is 3.76. The second kappa shape index (κ2) is 5.65. The van der Waals surface area contributed by atoms with Gasteiger partial charge in [-0.05, 0) is 37.5 Å². The van der Waals surface area contributed by atoms with Crippen LogP contribution in [0.2, 0.25) is 0 Å². The summed E-state index contributed by atoms with van der Waals surface area (Å²) < 4.78 is 7.35. The first kappa shape index (κ1) is 13.8. The molecule has 2 heterocycles. The molecule has 1 aromatic heterocycles. The fraction of sp³-hybridized carbons (Fsp3) is 0.400. The lowest BCUT2D eigenvalue weighted by Crippen LogP contribution is -2.31. The number of aromatic nitrogens is 3. The minimum absolute atomic E-state index is 0.0855. The van der Waals surface area contributed by atoms with E-state index in [4.69, 9.17) is 4.74 Å². The molecular weight excluding hydrogens is 268 g/mol. The second-order valence-electron chi connectivity index (χ2n) is 5.35. The van der Waals surface area contributed by atoms with Gasteiger partial charge in [0.05, 0.1) is 5.69 Å². The zero-order valence-corrected chi connectivity index (χ0v) is 12.1. The van der Waals surface area contributed by atoms with E-state index in [1.165, 1.54) is 0 Å². The lowest BCUT2D eigenvalue weighted by Gasteiger charge is -2.15.